The van der Waals surface area contributed by atoms with Crippen molar-refractivity contribution >= 4 is 5.71 Å². The molecule has 0 amide bonds. The van der Waals surface area contributed by atoms with Gasteiger partial charge in [0.25, 0.3) is 0 Å². The van der Waals surface area contributed by atoms with Gasteiger partial charge in [0.05, 0.1) is 0 Å². The topological polar surface area (TPSA) is 12.4 Å². The molecular weight excluding hydrogens is 134 g/mol. The summed E-state index contributed by atoms with van der Waals surface area (Å²) < 4.78 is 0. The monoisotopic (exact) mass is 155 g/mol. The second kappa shape index (κ2) is 7.77. The van der Waals surface area contributed by atoms with Crippen LogP contribution in [0.2, 0.25) is 0 Å². The van der Waals surface area contributed by atoms with Crippen molar-refractivity contribution in [2.45, 2.75) is 52.9 Å². The molecule has 0 aliphatic heterocycles. The van der Waals surface area contributed by atoms with Gasteiger partial charge in [-0.3, -0.25) is 4.99 Å². The largest absolute Gasteiger partial charge is 0.294 e. The molecule has 0 aliphatic rings. The number of rotatable bonds is 6. The molecule has 0 bridgehead atoms. The maximum absolute atomic E-state index is 4.43. The van der Waals surface area contributed by atoms with Crippen LogP contribution in [0.5, 0.6) is 0 Å². The average molecular weight is 155 g/mol. The number of nitrogens with zero attached hydrogens (tertiary/aromatic N) is 1. The number of unbranched alkanes of at least 4 members (excludes halogenated alkanes) is 2. The van der Waals surface area contributed by atoms with Crippen molar-refractivity contribution in [1.29, 1.82) is 0 Å². The summed E-state index contributed by atoms with van der Waals surface area (Å²) in [6, 6.07) is 0. The van der Waals surface area contributed by atoms with Crippen LogP contribution in [-0.2, 0) is 0 Å². The molecule has 0 rings (SSSR count). The van der Waals surface area contributed by atoms with E-state index in [0.717, 1.165) is 6.54 Å². The molecular formula is C10H21N. The van der Waals surface area contributed by atoms with Gasteiger partial charge in [-0.25, -0.2) is 0 Å². The van der Waals surface area contributed by atoms with Crippen molar-refractivity contribution in [3.8, 4) is 0 Å². The summed E-state index contributed by atoms with van der Waals surface area (Å²) in [6.45, 7) is 7.56. The molecule has 0 saturated heterocycles. The van der Waals surface area contributed by atoms with Crippen molar-refractivity contribution in [2.75, 3.05) is 6.54 Å². The Labute approximate surface area is 70.9 Å². The van der Waals surface area contributed by atoms with Crippen molar-refractivity contribution < 1.29 is 0 Å². The zero-order valence-electron chi connectivity index (χ0n) is 8.19. The summed E-state index contributed by atoms with van der Waals surface area (Å²) in [5.41, 5.74) is 1.33. The van der Waals surface area contributed by atoms with E-state index in [2.05, 4.69) is 25.8 Å². The quantitative estimate of drug-likeness (QED) is 0.411. The molecule has 11 heavy (non-hydrogen) atoms. The van der Waals surface area contributed by atoms with Gasteiger partial charge in [0.1, 0.15) is 0 Å². The predicted molar refractivity (Wildman–Crippen MR) is 52.4 cm³/mol. The van der Waals surface area contributed by atoms with Gasteiger partial charge in [-0.05, 0) is 26.2 Å². The summed E-state index contributed by atoms with van der Waals surface area (Å²) >= 11 is 0. The van der Waals surface area contributed by atoms with Crippen LogP contribution in [0.4, 0.5) is 0 Å². The molecule has 0 saturated carbocycles. The lowest BCUT2D eigenvalue weighted by Gasteiger charge is -1.98. The van der Waals surface area contributed by atoms with E-state index in [1.807, 2.05) is 0 Å². The van der Waals surface area contributed by atoms with E-state index in [1.165, 1.54) is 37.8 Å². The minimum atomic E-state index is 1.01. The van der Waals surface area contributed by atoms with Crippen molar-refractivity contribution in [1.82, 2.24) is 0 Å². The van der Waals surface area contributed by atoms with Gasteiger partial charge in [-0.2, -0.15) is 0 Å². The van der Waals surface area contributed by atoms with E-state index in [9.17, 15) is 0 Å². The van der Waals surface area contributed by atoms with Crippen LogP contribution >= 0.6 is 0 Å². The molecule has 1 heteroatoms. The lowest BCUT2D eigenvalue weighted by Crippen LogP contribution is -1.92. The SMILES string of the molecule is CCCCCC(C)=NCCC. The van der Waals surface area contributed by atoms with Crippen molar-refractivity contribution in [3.63, 3.8) is 0 Å². The molecule has 0 radical (unpaired) electrons. The zero-order valence-corrected chi connectivity index (χ0v) is 8.19. The second-order valence-electron chi connectivity index (χ2n) is 3.07. The van der Waals surface area contributed by atoms with E-state index < -0.39 is 0 Å². The third-order valence-corrected chi connectivity index (χ3v) is 1.75. The lowest BCUT2D eigenvalue weighted by molar-refractivity contribution is 0.738. The van der Waals surface area contributed by atoms with E-state index in [0.29, 0.717) is 0 Å². The molecule has 66 valence electrons. The van der Waals surface area contributed by atoms with Crippen LogP contribution in [0.3, 0.4) is 0 Å². The van der Waals surface area contributed by atoms with Crippen molar-refractivity contribution in [3.05, 3.63) is 0 Å². The molecule has 0 heterocycles. The maximum Gasteiger partial charge on any atom is 0.0385 e. The van der Waals surface area contributed by atoms with Gasteiger partial charge in [-0.1, -0.05) is 26.7 Å². The van der Waals surface area contributed by atoms with Gasteiger partial charge in [0.15, 0.2) is 0 Å². The van der Waals surface area contributed by atoms with Crippen molar-refractivity contribution in [2.24, 2.45) is 4.99 Å². The highest BCUT2D eigenvalue weighted by molar-refractivity contribution is 5.81. The first-order valence-corrected chi connectivity index (χ1v) is 4.81. The van der Waals surface area contributed by atoms with E-state index in [-0.39, 0.29) is 0 Å². The van der Waals surface area contributed by atoms with Crippen LogP contribution in [0, 0.1) is 0 Å². The third kappa shape index (κ3) is 7.57. The maximum atomic E-state index is 4.43. The van der Waals surface area contributed by atoms with Gasteiger partial charge in [0.2, 0.25) is 0 Å². The zero-order chi connectivity index (χ0) is 8.53. The Morgan fingerprint density at radius 2 is 1.82 bits per heavy atom. The van der Waals surface area contributed by atoms with Crippen LogP contribution < -0.4 is 0 Å². The summed E-state index contributed by atoms with van der Waals surface area (Å²) in [5.74, 6) is 0. The van der Waals surface area contributed by atoms with Gasteiger partial charge >= 0.3 is 0 Å². The third-order valence-electron chi connectivity index (χ3n) is 1.75. The molecule has 0 fully saturated rings. The summed E-state index contributed by atoms with van der Waals surface area (Å²) in [6.07, 6.45) is 6.34. The van der Waals surface area contributed by atoms with Gasteiger partial charge in [0, 0.05) is 12.3 Å². The summed E-state index contributed by atoms with van der Waals surface area (Å²) in [4.78, 5) is 4.43. The molecule has 0 aliphatic carbocycles. The fourth-order valence-electron chi connectivity index (χ4n) is 1.01. The normalized spacial score (nSPS) is 12.1. The molecule has 0 aromatic rings. The summed E-state index contributed by atoms with van der Waals surface area (Å²) in [5, 5.41) is 0. The highest BCUT2D eigenvalue weighted by atomic mass is 14.7. The Balaban J connectivity index is 3.27. The molecule has 0 atom stereocenters. The molecule has 0 aromatic heterocycles. The molecule has 0 aromatic carbocycles. The van der Waals surface area contributed by atoms with Crippen LogP contribution in [0.1, 0.15) is 52.9 Å². The van der Waals surface area contributed by atoms with Crippen LogP contribution in [0.25, 0.3) is 0 Å². The average Bonchev–Trinajstić information content (AvgIpc) is 2.01. The molecule has 1 nitrogen and oxygen atoms in total. The summed E-state index contributed by atoms with van der Waals surface area (Å²) in [7, 11) is 0. The smallest absolute Gasteiger partial charge is 0.0385 e. The molecule has 0 N–H and O–H groups in total. The highest BCUT2D eigenvalue weighted by Crippen LogP contribution is 2.00. The van der Waals surface area contributed by atoms with Crippen LogP contribution in [-0.4, -0.2) is 12.3 Å². The number of hydrogen-bond donors (Lipinski definition) is 0. The first-order valence-electron chi connectivity index (χ1n) is 4.81. The van der Waals surface area contributed by atoms with E-state index >= 15 is 0 Å². The first kappa shape index (κ1) is 10.7. The fourth-order valence-corrected chi connectivity index (χ4v) is 1.01. The van der Waals surface area contributed by atoms with Crippen LogP contribution in [0.15, 0.2) is 4.99 Å². The Bertz CT molecular complexity index is 105. The number of hydrogen-bond acceptors (Lipinski definition) is 1. The molecule has 0 unspecified atom stereocenters. The van der Waals surface area contributed by atoms with E-state index in [1.54, 1.807) is 0 Å². The first-order chi connectivity index (χ1) is 5.31. The van der Waals surface area contributed by atoms with E-state index in [4.69, 9.17) is 0 Å². The minimum absolute atomic E-state index is 1.01. The van der Waals surface area contributed by atoms with Gasteiger partial charge < -0.3 is 0 Å². The Hall–Kier alpha value is -0.330. The predicted octanol–water partition coefficient (Wildman–Crippen LogP) is 3.44. The fraction of sp³-hybridized carbons (Fsp3) is 0.900. The Kier molecular flexibility index (Phi) is 7.54. The minimum Gasteiger partial charge on any atom is -0.294 e. The standard InChI is InChI=1S/C10H21N/c1-4-6-7-8-10(3)11-9-5-2/h4-9H2,1-3H3. The number of aliphatic imine (C=N–C) groups is 1. The highest BCUT2D eigenvalue weighted by Gasteiger charge is 1.90. The second-order valence-corrected chi connectivity index (χ2v) is 3.07. The van der Waals surface area contributed by atoms with Gasteiger partial charge in [-0.15, -0.1) is 0 Å². The lowest BCUT2D eigenvalue weighted by atomic mass is 10.1. The Morgan fingerprint density at radius 3 is 2.36 bits per heavy atom. The Morgan fingerprint density at radius 1 is 1.09 bits per heavy atom. The molecule has 0 spiro atoms.